The molecule has 2 amide bonds. The third kappa shape index (κ3) is 4.21. The molecule has 0 radical (unpaired) electrons. The van der Waals surface area contributed by atoms with Gasteiger partial charge >= 0.3 is 0 Å². The van der Waals surface area contributed by atoms with Gasteiger partial charge in [-0.05, 0) is 51.5 Å². The van der Waals surface area contributed by atoms with Crippen LogP contribution in [-0.2, 0) is 4.79 Å². The number of hydrogen-bond donors (Lipinski definition) is 2. The van der Waals surface area contributed by atoms with Crippen LogP contribution in [0.15, 0.2) is 4.42 Å². The van der Waals surface area contributed by atoms with Crippen LogP contribution in [0.3, 0.4) is 0 Å². The van der Waals surface area contributed by atoms with E-state index in [1.165, 1.54) is 0 Å². The Bertz CT molecular complexity index is 638. The first-order chi connectivity index (χ1) is 12.0. The Morgan fingerprint density at radius 3 is 2.80 bits per heavy atom. The summed E-state index contributed by atoms with van der Waals surface area (Å²) in [6, 6.07) is -0.169. The van der Waals surface area contributed by atoms with Crippen LogP contribution >= 0.6 is 0 Å². The summed E-state index contributed by atoms with van der Waals surface area (Å²) in [4.78, 5) is 30.3. The lowest BCUT2D eigenvalue weighted by Crippen LogP contribution is -2.43. The van der Waals surface area contributed by atoms with E-state index < -0.39 is 0 Å². The second-order valence-corrected chi connectivity index (χ2v) is 7.26. The van der Waals surface area contributed by atoms with Crippen molar-refractivity contribution in [3.05, 3.63) is 17.3 Å². The zero-order chi connectivity index (χ0) is 18.0. The first-order valence-electron chi connectivity index (χ1n) is 9.28. The minimum Gasteiger partial charge on any atom is -0.435 e. The third-order valence-corrected chi connectivity index (χ3v) is 5.26. The predicted octanol–water partition coefficient (Wildman–Crippen LogP) is 1.57. The van der Waals surface area contributed by atoms with E-state index in [9.17, 15) is 9.59 Å². The number of nitrogens with two attached hydrogens (primary N) is 1. The first kappa shape index (κ1) is 17.9. The molecule has 2 fully saturated rings. The normalized spacial score (nSPS) is 22.1. The zero-order valence-electron chi connectivity index (χ0n) is 15.1. The topological polar surface area (TPSA) is 101 Å². The van der Waals surface area contributed by atoms with Crippen LogP contribution in [0, 0.1) is 12.8 Å². The number of amides is 2. The number of carbonyl (C=O) groups excluding carboxylic acids is 2. The number of nitrogens with zero attached hydrogens (tertiary/aromatic N) is 2. The van der Waals surface area contributed by atoms with Gasteiger partial charge in [0.1, 0.15) is 0 Å². The average Bonchev–Trinajstić information content (AvgIpc) is 3.20. The van der Waals surface area contributed by atoms with E-state index in [2.05, 4.69) is 15.2 Å². The maximum absolute atomic E-state index is 12.3. The lowest BCUT2D eigenvalue weighted by atomic mass is 10.1. The van der Waals surface area contributed by atoms with Gasteiger partial charge in [0.15, 0.2) is 5.89 Å². The highest BCUT2D eigenvalue weighted by molar-refractivity contribution is 5.92. The zero-order valence-corrected chi connectivity index (χ0v) is 15.1. The molecule has 2 atom stereocenters. The number of aromatic nitrogens is 1. The van der Waals surface area contributed by atoms with E-state index in [1.807, 2.05) is 13.8 Å². The van der Waals surface area contributed by atoms with E-state index in [1.54, 1.807) is 0 Å². The van der Waals surface area contributed by atoms with E-state index >= 15 is 0 Å². The van der Waals surface area contributed by atoms with Crippen LogP contribution in [0.4, 0.5) is 0 Å². The number of aryl methyl sites for hydroxylation is 1. The van der Waals surface area contributed by atoms with Crippen molar-refractivity contribution in [2.75, 3.05) is 19.6 Å². The highest BCUT2D eigenvalue weighted by Crippen LogP contribution is 2.40. The second-order valence-electron chi connectivity index (χ2n) is 7.26. The summed E-state index contributed by atoms with van der Waals surface area (Å²) in [5.74, 6) is 1.49. The van der Waals surface area contributed by atoms with Crippen molar-refractivity contribution in [2.45, 2.75) is 57.9 Å². The van der Waals surface area contributed by atoms with Gasteiger partial charge in [-0.3, -0.25) is 14.5 Å². The summed E-state index contributed by atoms with van der Waals surface area (Å²) < 4.78 is 5.63. The second kappa shape index (κ2) is 7.56. The fourth-order valence-electron chi connectivity index (χ4n) is 3.62. The van der Waals surface area contributed by atoms with Crippen LogP contribution in [0.2, 0.25) is 0 Å². The molecule has 1 aromatic rings. The van der Waals surface area contributed by atoms with Gasteiger partial charge in [-0.25, -0.2) is 4.98 Å². The lowest BCUT2D eigenvalue weighted by Gasteiger charge is -2.23. The Labute approximate surface area is 148 Å². The molecule has 0 aromatic carbocycles. The molecule has 1 saturated carbocycles. The van der Waals surface area contributed by atoms with Crippen LogP contribution in [0.5, 0.6) is 0 Å². The largest absolute Gasteiger partial charge is 0.435 e. The van der Waals surface area contributed by atoms with Crippen LogP contribution in [0.25, 0.3) is 0 Å². The monoisotopic (exact) mass is 348 g/mol. The molecule has 0 bridgehead atoms. The summed E-state index contributed by atoms with van der Waals surface area (Å²) >= 11 is 0. The summed E-state index contributed by atoms with van der Waals surface area (Å²) in [7, 11) is 0. The number of rotatable bonds is 8. The van der Waals surface area contributed by atoms with Crippen LogP contribution in [0.1, 0.15) is 67.1 Å². The number of carbonyl (C=O) groups is 2. The summed E-state index contributed by atoms with van der Waals surface area (Å²) in [6.07, 6.45) is 4.87. The molecule has 2 unspecified atom stereocenters. The van der Waals surface area contributed by atoms with E-state index in [-0.39, 0.29) is 17.9 Å². The van der Waals surface area contributed by atoms with Crippen molar-refractivity contribution in [3.63, 3.8) is 0 Å². The number of primary amides is 1. The van der Waals surface area contributed by atoms with Gasteiger partial charge in [-0.15, -0.1) is 0 Å². The Hall–Kier alpha value is -1.89. The van der Waals surface area contributed by atoms with Crippen molar-refractivity contribution in [2.24, 2.45) is 11.7 Å². The Morgan fingerprint density at radius 2 is 2.16 bits per heavy atom. The number of oxazole rings is 1. The van der Waals surface area contributed by atoms with Gasteiger partial charge < -0.3 is 15.5 Å². The number of nitrogens with one attached hydrogen (secondary N) is 1. The Balaban J connectivity index is 1.44. The molecule has 2 heterocycles. The van der Waals surface area contributed by atoms with Crippen molar-refractivity contribution in [1.82, 2.24) is 15.2 Å². The van der Waals surface area contributed by atoms with Gasteiger partial charge in [0.05, 0.1) is 11.7 Å². The molecule has 3 N–H and O–H groups in total. The van der Waals surface area contributed by atoms with Crippen molar-refractivity contribution in [1.29, 1.82) is 0 Å². The predicted molar refractivity (Wildman–Crippen MR) is 93.1 cm³/mol. The van der Waals surface area contributed by atoms with Gasteiger partial charge in [0.25, 0.3) is 5.91 Å². The first-order valence-corrected chi connectivity index (χ1v) is 9.28. The van der Waals surface area contributed by atoms with Gasteiger partial charge in [-0.1, -0.05) is 6.92 Å². The third-order valence-electron chi connectivity index (χ3n) is 5.26. The molecule has 3 rings (SSSR count). The van der Waals surface area contributed by atoms with Crippen LogP contribution in [-0.4, -0.2) is 47.4 Å². The summed E-state index contributed by atoms with van der Waals surface area (Å²) in [6.45, 7) is 6.16. The molecule has 0 spiro atoms. The highest BCUT2D eigenvalue weighted by Gasteiger charge is 2.32. The van der Waals surface area contributed by atoms with Crippen molar-refractivity contribution >= 4 is 11.8 Å². The Morgan fingerprint density at radius 1 is 1.40 bits per heavy atom. The summed E-state index contributed by atoms with van der Waals surface area (Å²) in [5.41, 5.74) is 6.13. The number of hydrogen-bond acceptors (Lipinski definition) is 5. The van der Waals surface area contributed by atoms with E-state index in [0.717, 1.165) is 45.2 Å². The molecular formula is C18H28N4O3. The van der Waals surface area contributed by atoms with E-state index in [4.69, 9.17) is 10.2 Å². The molecule has 1 aromatic heterocycles. The van der Waals surface area contributed by atoms with Crippen LogP contribution < -0.4 is 11.1 Å². The minimum atomic E-state index is -0.247. The summed E-state index contributed by atoms with van der Waals surface area (Å²) in [5, 5.41) is 2.94. The molecule has 7 nitrogen and oxygen atoms in total. The molecule has 1 saturated heterocycles. The maximum atomic E-state index is 12.3. The van der Waals surface area contributed by atoms with Crippen molar-refractivity contribution < 1.29 is 14.0 Å². The quantitative estimate of drug-likeness (QED) is 0.742. The molecule has 1 aliphatic carbocycles. The minimum absolute atomic E-state index is 0.169. The SMILES string of the molecule is CCC(C(N)=O)N1CCC(CCNC(=O)c2oc(C3CC3)nc2C)C1. The van der Waals surface area contributed by atoms with Gasteiger partial charge in [0.2, 0.25) is 11.7 Å². The highest BCUT2D eigenvalue weighted by atomic mass is 16.4. The molecule has 7 heteroatoms. The fourth-order valence-corrected chi connectivity index (χ4v) is 3.62. The average molecular weight is 348 g/mol. The smallest absolute Gasteiger partial charge is 0.289 e. The maximum Gasteiger partial charge on any atom is 0.289 e. The molecule has 2 aliphatic rings. The van der Waals surface area contributed by atoms with Crippen molar-refractivity contribution in [3.8, 4) is 0 Å². The molecule has 25 heavy (non-hydrogen) atoms. The standard InChI is InChI=1S/C18H28N4O3/c1-3-14(16(19)23)22-9-7-12(10-22)6-8-20-17(24)15-11(2)21-18(25-15)13-4-5-13/h12-14H,3-10H2,1-2H3,(H2,19,23)(H,20,24). The fraction of sp³-hybridized carbons (Fsp3) is 0.722. The van der Waals surface area contributed by atoms with Gasteiger partial charge in [-0.2, -0.15) is 0 Å². The van der Waals surface area contributed by atoms with E-state index in [0.29, 0.717) is 35.7 Å². The molecule has 1 aliphatic heterocycles. The Kier molecular flexibility index (Phi) is 5.42. The molecular weight excluding hydrogens is 320 g/mol. The molecule has 138 valence electrons. The number of likely N-dealkylation sites (tertiary alicyclic amines) is 1. The van der Waals surface area contributed by atoms with Gasteiger partial charge in [0, 0.05) is 19.0 Å². The lowest BCUT2D eigenvalue weighted by molar-refractivity contribution is -0.123.